The van der Waals surface area contributed by atoms with Crippen LogP contribution in [0.2, 0.25) is 0 Å². The van der Waals surface area contributed by atoms with Gasteiger partial charge in [-0.2, -0.15) is 0 Å². The summed E-state index contributed by atoms with van der Waals surface area (Å²) in [6.45, 7) is 2.22. The second-order valence-corrected chi connectivity index (χ2v) is 9.53. The first kappa shape index (κ1) is 22.0. The molecule has 0 radical (unpaired) electrons. The van der Waals surface area contributed by atoms with Crippen LogP contribution in [0.4, 0.5) is 5.69 Å². The lowest BCUT2D eigenvalue weighted by Gasteiger charge is -2.15. The van der Waals surface area contributed by atoms with E-state index in [9.17, 15) is 18.0 Å². The molecule has 7 nitrogen and oxygen atoms in total. The highest BCUT2D eigenvalue weighted by Crippen LogP contribution is 2.30. The van der Waals surface area contributed by atoms with Crippen LogP contribution in [0.1, 0.15) is 47.3 Å². The number of hydrogen-bond donors (Lipinski definition) is 3. The molecule has 8 heteroatoms. The van der Waals surface area contributed by atoms with E-state index in [-0.39, 0.29) is 23.8 Å². The van der Waals surface area contributed by atoms with Gasteiger partial charge in [-0.15, -0.1) is 0 Å². The molecule has 0 aliphatic heterocycles. The summed E-state index contributed by atoms with van der Waals surface area (Å²) in [7, 11) is -3.20. The topological polar surface area (TPSA) is 104 Å². The molecule has 0 unspecified atom stereocenters. The van der Waals surface area contributed by atoms with Crippen molar-refractivity contribution in [1.29, 1.82) is 0 Å². The Bertz CT molecular complexity index is 998. The molecule has 30 heavy (non-hydrogen) atoms. The van der Waals surface area contributed by atoms with Gasteiger partial charge >= 0.3 is 0 Å². The number of sulfonamides is 1. The van der Waals surface area contributed by atoms with E-state index in [0.29, 0.717) is 18.5 Å². The van der Waals surface area contributed by atoms with E-state index in [4.69, 9.17) is 0 Å². The average molecular weight is 430 g/mol. The van der Waals surface area contributed by atoms with Gasteiger partial charge in [0, 0.05) is 23.7 Å². The first-order valence-corrected chi connectivity index (χ1v) is 11.9. The SMILES string of the molecule is C[C@@H](NC(=O)c1ccc(CCNS(C)(=O)=O)cc1)c1ccc(NC(=O)C2CC2)cc1. The molecule has 1 aliphatic carbocycles. The van der Waals surface area contributed by atoms with E-state index in [1.807, 2.05) is 43.3 Å². The molecule has 0 spiro atoms. The maximum Gasteiger partial charge on any atom is 0.251 e. The molecule has 0 bridgehead atoms. The summed E-state index contributed by atoms with van der Waals surface area (Å²) in [4.78, 5) is 24.3. The number of rotatable bonds is 9. The van der Waals surface area contributed by atoms with Crippen LogP contribution >= 0.6 is 0 Å². The summed E-state index contributed by atoms with van der Waals surface area (Å²) in [6.07, 6.45) is 3.60. The second-order valence-electron chi connectivity index (χ2n) is 7.69. The van der Waals surface area contributed by atoms with Gasteiger partial charge in [-0.1, -0.05) is 24.3 Å². The number of hydrogen-bond acceptors (Lipinski definition) is 4. The van der Waals surface area contributed by atoms with E-state index in [2.05, 4.69) is 15.4 Å². The molecule has 1 atom stereocenters. The Balaban J connectivity index is 1.51. The van der Waals surface area contributed by atoms with E-state index in [1.54, 1.807) is 12.1 Å². The van der Waals surface area contributed by atoms with Crippen LogP contribution in [0, 0.1) is 5.92 Å². The fourth-order valence-corrected chi connectivity index (χ4v) is 3.48. The predicted octanol–water partition coefficient (Wildman–Crippen LogP) is 2.62. The molecule has 3 rings (SSSR count). The Labute approximate surface area is 177 Å². The molecule has 0 aromatic heterocycles. The molecular formula is C22H27N3O4S. The van der Waals surface area contributed by atoms with Crippen molar-refractivity contribution in [1.82, 2.24) is 10.0 Å². The van der Waals surface area contributed by atoms with Gasteiger partial charge in [-0.25, -0.2) is 13.1 Å². The second kappa shape index (κ2) is 9.40. The largest absolute Gasteiger partial charge is 0.346 e. The van der Waals surface area contributed by atoms with Crippen molar-refractivity contribution in [3.63, 3.8) is 0 Å². The van der Waals surface area contributed by atoms with Gasteiger partial charge in [0.2, 0.25) is 15.9 Å². The minimum absolute atomic E-state index is 0.0691. The number of benzene rings is 2. The van der Waals surface area contributed by atoms with Crippen LogP contribution in [0.3, 0.4) is 0 Å². The van der Waals surface area contributed by atoms with Crippen molar-refractivity contribution in [2.24, 2.45) is 5.92 Å². The average Bonchev–Trinajstić information content (AvgIpc) is 3.53. The van der Waals surface area contributed by atoms with E-state index < -0.39 is 10.0 Å². The molecule has 1 saturated carbocycles. The third-order valence-electron chi connectivity index (χ3n) is 4.97. The van der Waals surface area contributed by atoms with Crippen molar-refractivity contribution in [2.75, 3.05) is 18.1 Å². The van der Waals surface area contributed by atoms with Gasteiger partial charge in [0.05, 0.1) is 12.3 Å². The standard InChI is InChI=1S/C22H27N3O4S/c1-15(17-9-11-20(12-10-17)25-22(27)19-7-8-19)24-21(26)18-5-3-16(4-6-18)13-14-23-30(2,28)29/h3-6,9-12,15,19,23H,7-8,13-14H2,1-2H3,(H,24,26)(H,25,27)/t15-/m1/s1. The van der Waals surface area contributed by atoms with Crippen molar-refractivity contribution < 1.29 is 18.0 Å². The molecule has 2 amide bonds. The lowest BCUT2D eigenvalue weighted by molar-refractivity contribution is -0.117. The summed E-state index contributed by atoms with van der Waals surface area (Å²) < 4.78 is 24.6. The Kier molecular flexibility index (Phi) is 6.89. The van der Waals surface area contributed by atoms with E-state index in [0.717, 1.165) is 35.9 Å². The van der Waals surface area contributed by atoms with Crippen molar-refractivity contribution >= 4 is 27.5 Å². The van der Waals surface area contributed by atoms with Crippen molar-refractivity contribution in [3.8, 4) is 0 Å². The highest BCUT2D eigenvalue weighted by molar-refractivity contribution is 7.88. The molecular weight excluding hydrogens is 402 g/mol. The highest BCUT2D eigenvalue weighted by atomic mass is 32.2. The minimum atomic E-state index is -3.20. The van der Waals surface area contributed by atoms with Crippen LogP contribution < -0.4 is 15.4 Å². The van der Waals surface area contributed by atoms with Crippen LogP contribution in [0.15, 0.2) is 48.5 Å². The van der Waals surface area contributed by atoms with Gasteiger partial charge in [-0.05, 0) is 61.6 Å². The lowest BCUT2D eigenvalue weighted by Crippen LogP contribution is -2.26. The molecule has 1 aliphatic rings. The van der Waals surface area contributed by atoms with Gasteiger partial charge in [0.25, 0.3) is 5.91 Å². The number of carbonyl (C=O) groups excluding carboxylic acids is 2. The Morgan fingerprint density at radius 2 is 1.67 bits per heavy atom. The first-order valence-electron chi connectivity index (χ1n) is 9.96. The quantitative estimate of drug-likeness (QED) is 0.570. The normalized spacial score (nSPS) is 14.7. The molecule has 2 aromatic rings. The maximum absolute atomic E-state index is 12.5. The third kappa shape index (κ3) is 6.67. The van der Waals surface area contributed by atoms with E-state index >= 15 is 0 Å². The van der Waals surface area contributed by atoms with Crippen LogP contribution in [-0.4, -0.2) is 33.0 Å². The number of carbonyl (C=O) groups is 2. The summed E-state index contributed by atoms with van der Waals surface area (Å²) in [6, 6.07) is 14.4. The smallest absolute Gasteiger partial charge is 0.251 e. The molecule has 0 heterocycles. The minimum Gasteiger partial charge on any atom is -0.346 e. The van der Waals surface area contributed by atoms with Crippen molar-refractivity contribution in [3.05, 3.63) is 65.2 Å². The third-order valence-corrected chi connectivity index (χ3v) is 5.70. The fourth-order valence-electron chi connectivity index (χ4n) is 3.01. The van der Waals surface area contributed by atoms with Crippen LogP contribution in [0.25, 0.3) is 0 Å². The monoisotopic (exact) mass is 429 g/mol. The lowest BCUT2D eigenvalue weighted by atomic mass is 10.1. The predicted molar refractivity (Wildman–Crippen MR) is 117 cm³/mol. The highest BCUT2D eigenvalue weighted by Gasteiger charge is 2.29. The number of nitrogens with one attached hydrogen (secondary N) is 3. The number of anilines is 1. The summed E-state index contributed by atoms with van der Waals surface area (Å²) in [5, 5.41) is 5.87. The summed E-state index contributed by atoms with van der Waals surface area (Å²) in [5.41, 5.74) is 3.18. The van der Waals surface area contributed by atoms with Crippen LogP contribution in [-0.2, 0) is 21.2 Å². The Morgan fingerprint density at radius 1 is 1.03 bits per heavy atom. The van der Waals surface area contributed by atoms with Gasteiger partial charge in [0.1, 0.15) is 0 Å². The number of amides is 2. The Morgan fingerprint density at radius 3 is 2.23 bits per heavy atom. The van der Waals surface area contributed by atoms with Crippen molar-refractivity contribution in [2.45, 2.75) is 32.2 Å². The zero-order valence-corrected chi connectivity index (χ0v) is 18.0. The molecule has 3 N–H and O–H groups in total. The Hall–Kier alpha value is -2.71. The summed E-state index contributed by atoms with van der Waals surface area (Å²) >= 11 is 0. The fraction of sp³-hybridized carbons (Fsp3) is 0.364. The van der Waals surface area contributed by atoms with Gasteiger partial charge < -0.3 is 10.6 Å². The molecule has 1 fully saturated rings. The molecule has 160 valence electrons. The first-order chi connectivity index (χ1) is 14.2. The maximum atomic E-state index is 12.5. The van der Waals surface area contributed by atoms with Gasteiger partial charge in [0.15, 0.2) is 0 Å². The van der Waals surface area contributed by atoms with Gasteiger partial charge in [-0.3, -0.25) is 9.59 Å². The van der Waals surface area contributed by atoms with E-state index in [1.165, 1.54) is 0 Å². The van der Waals surface area contributed by atoms with Crippen LogP contribution in [0.5, 0.6) is 0 Å². The zero-order chi connectivity index (χ0) is 21.7. The zero-order valence-electron chi connectivity index (χ0n) is 17.1. The molecule has 2 aromatic carbocycles. The summed E-state index contributed by atoms with van der Waals surface area (Å²) in [5.74, 6) is 0.0410. The molecule has 0 saturated heterocycles.